The number of halogens is 6. The van der Waals surface area contributed by atoms with E-state index >= 15 is 0 Å². The fourth-order valence-corrected chi connectivity index (χ4v) is 3.37. The van der Waals surface area contributed by atoms with Gasteiger partial charge in [-0.2, -0.15) is 34.8 Å². The molecule has 0 aliphatic heterocycles. The average molecular weight is 424 g/mol. The monoisotopic (exact) mass is 424 g/mol. The molecule has 0 aromatic heterocycles. The van der Waals surface area contributed by atoms with Crippen molar-refractivity contribution in [2.45, 2.75) is 60.9 Å². The van der Waals surface area contributed by atoms with Crippen molar-refractivity contribution in [3.63, 3.8) is 0 Å². The van der Waals surface area contributed by atoms with Gasteiger partial charge in [-0.05, 0) is 46.9 Å². The van der Waals surface area contributed by atoms with E-state index in [-0.39, 0.29) is 11.8 Å². The van der Waals surface area contributed by atoms with Crippen LogP contribution >= 0.6 is 11.8 Å². The number of hydrogen-bond acceptors (Lipinski definition) is 3. The van der Waals surface area contributed by atoms with Gasteiger partial charge in [-0.25, -0.2) is 0 Å². The van der Waals surface area contributed by atoms with Crippen LogP contribution in [0.15, 0.2) is 23.1 Å². The number of thioether (sulfide) groups is 1. The number of hydrogen-bond donors (Lipinski definition) is 1. The van der Waals surface area contributed by atoms with E-state index in [1.54, 1.807) is 33.8 Å². The molecule has 11 heteroatoms. The van der Waals surface area contributed by atoms with Gasteiger partial charge in [0, 0.05) is 4.90 Å². The molecule has 0 saturated carbocycles. The first-order valence-electron chi connectivity index (χ1n) is 7.38. The van der Waals surface area contributed by atoms with Gasteiger partial charge in [0.2, 0.25) is 0 Å². The Bertz CT molecular complexity index is 734. The second-order valence-corrected chi connectivity index (χ2v) is 8.98. The minimum absolute atomic E-state index is 0.151. The first kappa shape index (κ1) is 23.1. The molecular formula is C15H18F6O3S2. The Morgan fingerprint density at radius 3 is 1.58 bits per heavy atom. The minimum atomic E-state index is -6.76. The fraction of sp³-hybridized carbons (Fsp3) is 0.600. The van der Waals surface area contributed by atoms with Crippen LogP contribution < -0.4 is 0 Å². The molecule has 0 aliphatic rings. The van der Waals surface area contributed by atoms with Crippen LogP contribution in [0.5, 0.6) is 0 Å². The van der Waals surface area contributed by atoms with Crippen LogP contribution in [0.2, 0.25) is 0 Å². The molecule has 0 saturated heterocycles. The summed E-state index contributed by atoms with van der Waals surface area (Å²) in [5.41, 5.74) is 1.05. The Morgan fingerprint density at radius 1 is 0.885 bits per heavy atom. The molecule has 1 aromatic rings. The van der Waals surface area contributed by atoms with Gasteiger partial charge in [0.1, 0.15) is 0 Å². The van der Waals surface area contributed by atoms with Crippen molar-refractivity contribution in [3.8, 4) is 0 Å². The summed E-state index contributed by atoms with van der Waals surface area (Å²) in [6.45, 7) is 6.92. The molecule has 0 spiro atoms. The van der Waals surface area contributed by atoms with Gasteiger partial charge in [-0.15, -0.1) is 0 Å². The van der Waals surface area contributed by atoms with Crippen LogP contribution in [0, 0.1) is 0 Å². The lowest BCUT2D eigenvalue weighted by atomic mass is 9.96. The molecule has 0 aliphatic carbocycles. The smallest absolute Gasteiger partial charge is 0.281 e. The molecule has 1 N–H and O–H groups in total. The molecule has 1 rings (SSSR count). The molecule has 150 valence electrons. The van der Waals surface area contributed by atoms with Crippen molar-refractivity contribution < 1.29 is 39.3 Å². The third kappa shape index (κ3) is 4.30. The molecule has 0 bridgehead atoms. The van der Waals surface area contributed by atoms with E-state index < -0.39 is 43.2 Å². The van der Waals surface area contributed by atoms with Gasteiger partial charge in [0.15, 0.2) is 0 Å². The highest BCUT2D eigenvalue weighted by Gasteiger charge is 2.78. The maximum absolute atomic E-state index is 13.9. The van der Waals surface area contributed by atoms with Gasteiger partial charge in [0.25, 0.3) is 0 Å². The summed E-state index contributed by atoms with van der Waals surface area (Å²) in [4.78, 5) is -0.421. The van der Waals surface area contributed by atoms with Crippen LogP contribution in [0.25, 0.3) is 0 Å². The van der Waals surface area contributed by atoms with Crippen LogP contribution in [0.3, 0.4) is 0 Å². The predicted octanol–water partition coefficient (Wildman–Crippen LogP) is 5.73. The zero-order valence-electron chi connectivity index (χ0n) is 14.2. The highest BCUT2D eigenvalue weighted by Crippen LogP contribution is 2.55. The summed E-state index contributed by atoms with van der Waals surface area (Å²) in [7, 11) is -6.76. The number of benzene rings is 1. The third-order valence-corrected chi connectivity index (χ3v) is 5.47. The third-order valence-electron chi connectivity index (χ3n) is 3.59. The molecule has 1 aromatic carbocycles. The van der Waals surface area contributed by atoms with Crippen molar-refractivity contribution in [3.05, 3.63) is 29.3 Å². The van der Waals surface area contributed by atoms with Crippen LogP contribution in [-0.2, 0) is 10.1 Å². The molecule has 0 heterocycles. The van der Waals surface area contributed by atoms with Gasteiger partial charge in [-0.3, -0.25) is 4.55 Å². The second-order valence-electron chi connectivity index (χ2n) is 6.33. The first-order valence-corrected chi connectivity index (χ1v) is 9.64. The Hall–Kier alpha value is -0.940. The van der Waals surface area contributed by atoms with E-state index in [9.17, 15) is 34.8 Å². The Balaban J connectivity index is 3.40. The maximum Gasteiger partial charge on any atom is 0.438 e. The topological polar surface area (TPSA) is 54.4 Å². The zero-order valence-corrected chi connectivity index (χ0v) is 15.9. The van der Waals surface area contributed by atoms with Crippen LogP contribution in [-0.4, -0.2) is 29.4 Å². The Morgan fingerprint density at radius 2 is 1.27 bits per heavy atom. The van der Waals surface area contributed by atoms with E-state index in [4.69, 9.17) is 4.55 Å². The van der Waals surface area contributed by atoms with E-state index in [1.165, 1.54) is 0 Å². The number of alkyl halides is 6. The summed E-state index contributed by atoms with van der Waals surface area (Å²) < 4.78 is 111. The van der Waals surface area contributed by atoms with E-state index in [0.717, 1.165) is 12.1 Å². The minimum Gasteiger partial charge on any atom is -0.281 e. The quantitative estimate of drug-likeness (QED) is 0.345. The molecule has 3 nitrogen and oxygen atoms in total. The SMILES string of the molecule is CC(C)c1cc(SC(F)(F)C(F)(F)C(F)(F)S(=O)(=O)O)cc(C(C)C)c1. The molecule has 0 atom stereocenters. The van der Waals surface area contributed by atoms with Crippen LogP contribution in [0.4, 0.5) is 26.3 Å². The second kappa shape index (κ2) is 7.23. The standard InChI is InChI=1S/C15H18F6O3S2/c1-8(2)10-5-11(9(3)4)7-12(6-10)25-14(18,19)13(16,17)15(20,21)26(22,23)24/h5-9H,1-4H3,(H,22,23,24). The molecule has 0 fully saturated rings. The lowest BCUT2D eigenvalue weighted by molar-refractivity contribution is -0.242. The van der Waals surface area contributed by atoms with E-state index in [0.29, 0.717) is 11.1 Å². The summed E-state index contributed by atoms with van der Waals surface area (Å²) in [6, 6.07) is 3.98. The van der Waals surface area contributed by atoms with Gasteiger partial charge in [-0.1, -0.05) is 33.8 Å². The number of rotatable bonds is 7. The van der Waals surface area contributed by atoms with Gasteiger partial charge in [0.05, 0.1) is 0 Å². The summed E-state index contributed by atoms with van der Waals surface area (Å²) >= 11 is -0.880. The zero-order chi connectivity index (χ0) is 20.7. The largest absolute Gasteiger partial charge is 0.438 e. The first-order chi connectivity index (χ1) is 11.4. The molecule has 0 radical (unpaired) electrons. The van der Waals surface area contributed by atoms with Crippen molar-refractivity contribution in [2.24, 2.45) is 0 Å². The predicted molar refractivity (Wildman–Crippen MR) is 86.9 cm³/mol. The van der Waals surface area contributed by atoms with E-state index in [1.807, 2.05) is 0 Å². The molecular weight excluding hydrogens is 406 g/mol. The summed E-state index contributed by atoms with van der Waals surface area (Å²) in [6.07, 6.45) is 0. The van der Waals surface area contributed by atoms with Crippen molar-refractivity contribution >= 4 is 21.9 Å². The van der Waals surface area contributed by atoms with Crippen molar-refractivity contribution in [1.82, 2.24) is 0 Å². The Kier molecular flexibility index (Phi) is 6.43. The van der Waals surface area contributed by atoms with Crippen LogP contribution in [0.1, 0.15) is 50.7 Å². The summed E-state index contributed by atoms with van der Waals surface area (Å²) in [5.74, 6) is -6.65. The lowest BCUT2D eigenvalue weighted by Crippen LogP contribution is -2.56. The molecule has 0 amide bonds. The van der Waals surface area contributed by atoms with Gasteiger partial charge >= 0.3 is 26.5 Å². The normalized spacial score (nSPS) is 14.3. The van der Waals surface area contributed by atoms with Crippen molar-refractivity contribution in [2.75, 3.05) is 0 Å². The van der Waals surface area contributed by atoms with Crippen molar-refractivity contribution in [1.29, 1.82) is 0 Å². The fourth-order valence-electron chi connectivity index (χ4n) is 1.92. The maximum atomic E-state index is 13.9. The highest BCUT2D eigenvalue weighted by atomic mass is 32.2. The summed E-state index contributed by atoms with van der Waals surface area (Å²) in [5, 5.41) is -11.9. The van der Waals surface area contributed by atoms with E-state index in [2.05, 4.69) is 0 Å². The molecule has 0 unspecified atom stereocenters. The molecule has 26 heavy (non-hydrogen) atoms. The Labute approximate surface area is 151 Å². The van der Waals surface area contributed by atoms with Gasteiger partial charge < -0.3 is 0 Å². The lowest BCUT2D eigenvalue weighted by Gasteiger charge is -2.30. The average Bonchev–Trinajstić information content (AvgIpc) is 2.44. The highest BCUT2D eigenvalue weighted by molar-refractivity contribution is 8.00.